The minimum atomic E-state index is -3.35. The Labute approximate surface area is 144 Å². The monoisotopic (exact) mass is 363 g/mol. The van der Waals surface area contributed by atoms with Gasteiger partial charge in [0.05, 0.1) is 11.4 Å². The summed E-state index contributed by atoms with van der Waals surface area (Å²) in [7, 11) is -1.56. The Morgan fingerprint density at radius 1 is 1.26 bits per heavy atom. The summed E-state index contributed by atoms with van der Waals surface area (Å²) in [5, 5.41) is 5.79. The maximum atomic E-state index is 12.1. The van der Waals surface area contributed by atoms with E-state index in [2.05, 4.69) is 15.4 Å². The number of carbonyl (C=O) groups is 1. The lowest BCUT2D eigenvalue weighted by Gasteiger charge is -2.16. The van der Waals surface area contributed by atoms with Crippen LogP contribution in [0.1, 0.15) is 25.8 Å². The summed E-state index contributed by atoms with van der Waals surface area (Å²) in [6, 6.07) is 5.17. The molecule has 3 N–H and O–H groups in total. The molecule has 1 rings (SSSR count). The Bertz CT molecular complexity index is 620. The molecule has 1 aromatic rings. The number of amides is 1. The van der Waals surface area contributed by atoms with E-state index in [1.165, 1.54) is 0 Å². The lowest BCUT2D eigenvalue weighted by Crippen LogP contribution is -2.29. The average molecular weight is 364 g/mol. The fraction of sp³-hybridized carbons (Fsp3) is 0.533. The average Bonchev–Trinajstić information content (AvgIpc) is 2.43. The summed E-state index contributed by atoms with van der Waals surface area (Å²) >= 11 is 0. The van der Waals surface area contributed by atoms with Crippen molar-refractivity contribution in [3.63, 3.8) is 0 Å². The molecule has 0 aromatic heterocycles. The van der Waals surface area contributed by atoms with Gasteiger partial charge in [-0.25, -0.2) is 8.42 Å². The molecule has 1 amide bonds. The Morgan fingerprint density at radius 3 is 2.43 bits per heavy atom. The first-order chi connectivity index (χ1) is 10.3. The van der Waals surface area contributed by atoms with Gasteiger partial charge < -0.3 is 10.6 Å². The molecule has 0 fully saturated rings. The molecule has 0 saturated carbocycles. The zero-order valence-electron chi connectivity index (χ0n) is 14.0. The molecule has 23 heavy (non-hydrogen) atoms. The van der Waals surface area contributed by atoms with Gasteiger partial charge in [0, 0.05) is 18.2 Å². The van der Waals surface area contributed by atoms with Crippen LogP contribution in [-0.2, 0) is 14.8 Å². The minimum absolute atomic E-state index is 0. The molecule has 0 saturated heterocycles. The molecular weight excluding hydrogens is 338 g/mol. The van der Waals surface area contributed by atoms with Crippen molar-refractivity contribution in [3.8, 4) is 0 Å². The molecule has 6 nitrogen and oxygen atoms in total. The van der Waals surface area contributed by atoms with Gasteiger partial charge in [-0.05, 0) is 38.1 Å². The van der Waals surface area contributed by atoms with Crippen LogP contribution in [0.4, 0.5) is 11.4 Å². The normalized spacial score (nSPS) is 12.2. The fourth-order valence-electron chi connectivity index (χ4n) is 2.02. The van der Waals surface area contributed by atoms with Crippen molar-refractivity contribution in [2.24, 2.45) is 5.92 Å². The molecule has 1 atom stereocenters. The van der Waals surface area contributed by atoms with E-state index in [1.807, 2.05) is 13.8 Å². The molecule has 0 aliphatic carbocycles. The van der Waals surface area contributed by atoms with E-state index >= 15 is 0 Å². The Balaban J connectivity index is 0.00000484. The van der Waals surface area contributed by atoms with Crippen LogP contribution in [0, 0.1) is 12.8 Å². The first kappa shape index (κ1) is 21.7. The molecule has 132 valence electrons. The van der Waals surface area contributed by atoms with Crippen LogP contribution in [0.5, 0.6) is 0 Å². The number of halogens is 1. The molecule has 8 heteroatoms. The van der Waals surface area contributed by atoms with Crippen LogP contribution in [0.15, 0.2) is 18.2 Å². The predicted octanol–water partition coefficient (Wildman–Crippen LogP) is 2.36. The second-order valence-corrected chi connectivity index (χ2v) is 7.19. The van der Waals surface area contributed by atoms with Crippen LogP contribution >= 0.6 is 12.4 Å². The van der Waals surface area contributed by atoms with Gasteiger partial charge in [-0.15, -0.1) is 12.4 Å². The summed E-state index contributed by atoms with van der Waals surface area (Å²) in [5.74, 6) is -0.210. The van der Waals surface area contributed by atoms with E-state index in [1.54, 1.807) is 32.2 Å². The number of nitrogens with one attached hydrogen (secondary N) is 3. The zero-order valence-corrected chi connectivity index (χ0v) is 15.6. The number of rotatable bonds is 8. The van der Waals surface area contributed by atoms with Gasteiger partial charge in [-0.2, -0.15) is 0 Å². The highest BCUT2D eigenvalue weighted by Crippen LogP contribution is 2.24. The van der Waals surface area contributed by atoms with Gasteiger partial charge in [0.2, 0.25) is 15.9 Å². The third kappa shape index (κ3) is 6.76. The van der Waals surface area contributed by atoms with E-state index in [0.717, 1.165) is 0 Å². The van der Waals surface area contributed by atoms with Crippen LogP contribution in [0.2, 0.25) is 0 Å². The van der Waals surface area contributed by atoms with Crippen molar-refractivity contribution in [1.82, 2.24) is 5.32 Å². The number of hydrogen-bond acceptors (Lipinski definition) is 4. The van der Waals surface area contributed by atoms with E-state index in [-0.39, 0.29) is 30.0 Å². The third-order valence-electron chi connectivity index (χ3n) is 3.29. The maximum Gasteiger partial charge on any atom is 0.232 e. The summed E-state index contributed by atoms with van der Waals surface area (Å²) in [4.78, 5) is 12.1. The van der Waals surface area contributed by atoms with Gasteiger partial charge in [0.15, 0.2) is 0 Å². The molecule has 0 bridgehead atoms. The highest BCUT2D eigenvalue weighted by molar-refractivity contribution is 7.92. The van der Waals surface area contributed by atoms with Crippen molar-refractivity contribution in [2.75, 3.05) is 29.4 Å². The third-order valence-corrected chi connectivity index (χ3v) is 4.76. The van der Waals surface area contributed by atoms with Crippen molar-refractivity contribution in [1.29, 1.82) is 0 Å². The second-order valence-electron chi connectivity index (χ2n) is 5.35. The van der Waals surface area contributed by atoms with Gasteiger partial charge in [-0.1, -0.05) is 19.9 Å². The smallest absolute Gasteiger partial charge is 0.232 e. The maximum absolute atomic E-state index is 12.1. The predicted molar refractivity (Wildman–Crippen MR) is 97.8 cm³/mol. The number of carbonyl (C=O) groups excluding carboxylic acids is 1. The number of hydrogen-bond donors (Lipinski definition) is 3. The number of anilines is 2. The summed E-state index contributed by atoms with van der Waals surface area (Å²) in [6.45, 7) is 6.00. The molecule has 0 aliphatic rings. The molecule has 0 aliphatic heterocycles. The van der Waals surface area contributed by atoms with Crippen molar-refractivity contribution >= 4 is 39.7 Å². The Kier molecular flexibility index (Phi) is 9.19. The Hall–Kier alpha value is -1.31. The van der Waals surface area contributed by atoms with Crippen molar-refractivity contribution < 1.29 is 13.2 Å². The fourth-order valence-corrected chi connectivity index (χ4v) is 3.22. The summed E-state index contributed by atoms with van der Waals surface area (Å²) in [6.07, 6.45) is 0.548. The lowest BCUT2D eigenvalue weighted by atomic mass is 10.1. The number of benzene rings is 1. The van der Waals surface area contributed by atoms with Crippen LogP contribution in [-0.4, -0.2) is 33.7 Å². The SMILES string of the molecule is CCCS(=O)(=O)Nc1cccc(NC(=O)C(C)CNC)c1C.Cl. The van der Waals surface area contributed by atoms with Gasteiger partial charge >= 0.3 is 0 Å². The van der Waals surface area contributed by atoms with Crippen LogP contribution in [0.25, 0.3) is 0 Å². The van der Waals surface area contributed by atoms with Gasteiger partial charge in [-0.3, -0.25) is 9.52 Å². The van der Waals surface area contributed by atoms with E-state index in [0.29, 0.717) is 29.9 Å². The van der Waals surface area contributed by atoms with Gasteiger partial charge in [0.25, 0.3) is 0 Å². The molecule has 0 heterocycles. The van der Waals surface area contributed by atoms with E-state index in [9.17, 15) is 13.2 Å². The molecule has 1 aromatic carbocycles. The highest BCUT2D eigenvalue weighted by Gasteiger charge is 2.16. The van der Waals surface area contributed by atoms with Gasteiger partial charge in [0.1, 0.15) is 0 Å². The van der Waals surface area contributed by atoms with E-state index < -0.39 is 10.0 Å². The topological polar surface area (TPSA) is 87.3 Å². The zero-order chi connectivity index (χ0) is 16.8. The quantitative estimate of drug-likeness (QED) is 0.661. The number of sulfonamides is 1. The molecule has 1 unspecified atom stereocenters. The largest absolute Gasteiger partial charge is 0.325 e. The molecular formula is C15H26ClN3O3S. The summed E-state index contributed by atoms with van der Waals surface area (Å²) < 4.78 is 26.3. The summed E-state index contributed by atoms with van der Waals surface area (Å²) in [5.41, 5.74) is 1.81. The first-order valence-corrected chi connectivity index (χ1v) is 9.01. The lowest BCUT2D eigenvalue weighted by molar-refractivity contribution is -0.119. The minimum Gasteiger partial charge on any atom is -0.325 e. The standard InChI is InChI=1S/C15H25N3O3S.ClH/c1-5-9-22(20,21)18-14-8-6-7-13(12(14)3)17-15(19)11(2)10-16-4;/h6-8,11,16,18H,5,9-10H2,1-4H3,(H,17,19);1H. The molecule has 0 radical (unpaired) electrons. The Morgan fingerprint density at radius 2 is 1.87 bits per heavy atom. The molecule has 0 spiro atoms. The second kappa shape index (κ2) is 9.75. The van der Waals surface area contributed by atoms with Crippen LogP contribution < -0.4 is 15.4 Å². The van der Waals surface area contributed by atoms with E-state index in [4.69, 9.17) is 0 Å². The highest BCUT2D eigenvalue weighted by atomic mass is 35.5. The van der Waals surface area contributed by atoms with Crippen LogP contribution in [0.3, 0.4) is 0 Å². The first-order valence-electron chi connectivity index (χ1n) is 7.36. The van der Waals surface area contributed by atoms with Crippen molar-refractivity contribution in [2.45, 2.75) is 27.2 Å². The van der Waals surface area contributed by atoms with Crippen molar-refractivity contribution in [3.05, 3.63) is 23.8 Å².